The van der Waals surface area contributed by atoms with Crippen LogP contribution in [0.3, 0.4) is 0 Å². The van der Waals surface area contributed by atoms with E-state index >= 15 is 0 Å². The van der Waals surface area contributed by atoms with Gasteiger partial charge >= 0.3 is 0 Å². The minimum Gasteiger partial charge on any atom is -0.467 e. The van der Waals surface area contributed by atoms with Crippen LogP contribution in [-0.4, -0.2) is 16.8 Å². The molecule has 3 N–H and O–H groups in total. The first-order valence-corrected chi connectivity index (χ1v) is 6.35. The number of furan rings is 1. The molecule has 0 aliphatic rings. The molecule has 2 atom stereocenters. The molecule has 4 heteroatoms. The smallest absolute Gasteiger partial charge is 0.133 e. The lowest BCUT2D eigenvalue weighted by Gasteiger charge is -2.17. The highest BCUT2D eigenvalue weighted by Gasteiger charge is 2.12. The molecule has 0 saturated carbocycles. The zero-order chi connectivity index (χ0) is 13.7. The van der Waals surface area contributed by atoms with Gasteiger partial charge in [0, 0.05) is 12.6 Å². The SMILES string of the molecule is CC(NCC(O)c1ccco1)c1cccc(CO)c1. The molecule has 0 fully saturated rings. The van der Waals surface area contributed by atoms with E-state index in [9.17, 15) is 5.11 Å². The Kier molecular flexibility index (Phi) is 4.74. The Morgan fingerprint density at radius 3 is 2.79 bits per heavy atom. The van der Waals surface area contributed by atoms with Gasteiger partial charge in [-0.3, -0.25) is 0 Å². The highest BCUT2D eigenvalue weighted by Crippen LogP contribution is 2.17. The van der Waals surface area contributed by atoms with Crippen LogP contribution in [0.15, 0.2) is 47.1 Å². The lowest BCUT2D eigenvalue weighted by Crippen LogP contribution is -2.24. The molecule has 0 radical (unpaired) electrons. The van der Waals surface area contributed by atoms with Crippen molar-refractivity contribution in [2.45, 2.75) is 25.7 Å². The third-order valence-corrected chi connectivity index (χ3v) is 3.12. The molecule has 2 unspecified atom stereocenters. The van der Waals surface area contributed by atoms with Crippen LogP contribution in [0.2, 0.25) is 0 Å². The quantitative estimate of drug-likeness (QED) is 0.745. The fourth-order valence-electron chi connectivity index (χ4n) is 1.95. The molecule has 0 aliphatic carbocycles. The predicted molar refractivity (Wildman–Crippen MR) is 72.5 cm³/mol. The van der Waals surface area contributed by atoms with Crippen LogP contribution in [0.4, 0.5) is 0 Å². The van der Waals surface area contributed by atoms with Gasteiger partial charge in [-0.05, 0) is 30.2 Å². The minimum atomic E-state index is -0.654. The molecule has 1 aromatic carbocycles. The number of rotatable bonds is 6. The summed E-state index contributed by atoms with van der Waals surface area (Å²) in [5.74, 6) is 0.559. The normalized spacial score (nSPS) is 14.3. The van der Waals surface area contributed by atoms with Crippen molar-refractivity contribution in [1.82, 2.24) is 5.32 Å². The Morgan fingerprint density at radius 1 is 1.26 bits per heavy atom. The van der Waals surface area contributed by atoms with Gasteiger partial charge in [0.05, 0.1) is 12.9 Å². The van der Waals surface area contributed by atoms with Gasteiger partial charge in [-0.15, -0.1) is 0 Å². The Labute approximate surface area is 112 Å². The number of aliphatic hydroxyl groups is 2. The van der Waals surface area contributed by atoms with Crippen molar-refractivity contribution in [3.8, 4) is 0 Å². The molecule has 4 nitrogen and oxygen atoms in total. The molecule has 1 aromatic heterocycles. The molecule has 1 heterocycles. The molecule has 0 bridgehead atoms. The van der Waals surface area contributed by atoms with Crippen LogP contribution in [0, 0.1) is 0 Å². The van der Waals surface area contributed by atoms with Crippen LogP contribution in [0.25, 0.3) is 0 Å². The van der Waals surface area contributed by atoms with Crippen LogP contribution >= 0.6 is 0 Å². The van der Waals surface area contributed by atoms with Crippen LogP contribution in [0.5, 0.6) is 0 Å². The van der Waals surface area contributed by atoms with Crippen LogP contribution < -0.4 is 5.32 Å². The first kappa shape index (κ1) is 13.8. The molecule has 19 heavy (non-hydrogen) atoms. The van der Waals surface area contributed by atoms with Crippen molar-refractivity contribution < 1.29 is 14.6 Å². The second kappa shape index (κ2) is 6.52. The van der Waals surface area contributed by atoms with Gasteiger partial charge in [0.2, 0.25) is 0 Å². The highest BCUT2D eigenvalue weighted by molar-refractivity contribution is 5.25. The second-order valence-corrected chi connectivity index (χ2v) is 4.56. The van der Waals surface area contributed by atoms with Gasteiger partial charge in [0.25, 0.3) is 0 Å². The molecule has 2 rings (SSSR count). The topological polar surface area (TPSA) is 65.6 Å². The molecule has 102 valence electrons. The first-order chi connectivity index (χ1) is 9.20. The standard InChI is InChI=1S/C15H19NO3/c1-11(13-5-2-4-12(8-13)10-17)16-9-14(18)15-6-3-7-19-15/h2-8,11,14,16-18H,9-10H2,1H3. The summed E-state index contributed by atoms with van der Waals surface area (Å²) < 4.78 is 5.15. The molecule has 0 saturated heterocycles. The van der Waals surface area contributed by atoms with E-state index in [1.54, 1.807) is 18.4 Å². The summed E-state index contributed by atoms with van der Waals surface area (Å²) in [5.41, 5.74) is 1.97. The average molecular weight is 261 g/mol. The van der Waals surface area contributed by atoms with Gasteiger partial charge in [-0.2, -0.15) is 0 Å². The van der Waals surface area contributed by atoms with E-state index in [4.69, 9.17) is 9.52 Å². The number of aliphatic hydroxyl groups excluding tert-OH is 2. The summed E-state index contributed by atoms with van der Waals surface area (Å²) in [6.45, 7) is 2.47. The van der Waals surface area contributed by atoms with Crippen LogP contribution in [0.1, 0.15) is 36.0 Å². The fraction of sp³-hybridized carbons (Fsp3) is 0.333. The maximum atomic E-state index is 9.91. The van der Waals surface area contributed by atoms with E-state index in [-0.39, 0.29) is 12.6 Å². The van der Waals surface area contributed by atoms with Gasteiger partial charge in [0.15, 0.2) is 0 Å². The van der Waals surface area contributed by atoms with Gasteiger partial charge in [-0.25, -0.2) is 0 Å². The number of hydrogen-bond donors (Lipinski definition) is 3. The first-order valence-electron chi connectivity index (χ1n) is 6.35. The van der Waals surface area contributed by atoms with E-state index < -0.39 is 6.10 Å². The Morgan fingerprint density at radius 2 is 2.11 bits per heavy atom. The van der Waals surface area contributed by atoms with Crippen molar-refractivity contribution in [2.75, 3.05) is 6.54 Å². The summed E-state index contributed by atoms with van der Waals surface area (Å²) in [5, 5.41) is 22.3. The summed E-state index contributed by atoms with van der Waals surface area (Å²) in [4.78, 5) is 0. The Hall–Kier alpha value is -1.62. The number of hydrogen-bond acceptors (Lipinski definition) is 4. The van der Waals surface area contributed by atoms with E-state index in [1.165, 1.54) is 0 Å². The minimum absolute atomic E-state index is 0.0373. The summed E-state index contributed by atoms with van der Waals surface area (Å²) >= 11 is 0. The third-order valence-electron chi connectivity index (χ3n) is 3.12. The number of nitrogens with one attached hydrogen (secondary N) is 1. The van der Waals surface area contributed by atoms with Gasteiger partial charge in [0.1, 0.15) is 11.9 Å². The van der Waals surface area contributed by atoms with Crippen molar-refractivity contribution in [3.05, 3.63) is 59.5 Å². The highest BCUT2D eigenvalue weighted by atomic mass is 16.4. The molecule has 0 aliphatic heterocycles. The second-order valence-electron chi connectivity index (χ2n) is 4.56. The van der Waals surface area contributed by atoms with Gasteiger partial charge in [-0.1, -0.05) is 24.3 Å². The van der Waals surface area contributed by atoms with E-state index in [0.29, 0.717) is 12.3 Å². The molecule has 0 amide bonds. The average Bonchev–Trinajstić information content (AvgIpc) is 2.98. The van der Waals surface area contributed by atoms with E-state index in [1.807, 2.05) is 31.2 Å². The Bertz CT molecular complexity index is 496. The lowest BCUT2D eigenvalue weighted by molar-refractivity contribution is 0.144. The fourth-order valence-corrected chi connectivity index (χ4v) is 1.95. The summed E-state index contributed by atoms with van der Waals surface area (Å²) in [6.07, 6.45) is 0.894. The van der Waals surface area contributed by atoms with E-state index in [0.717, 1.165) is 11.1 Å². The Balaban J connectivity index is 1.91. The van der Waals surface area contributed by atoms with Crippen molar-refractivity contribution >= 4 is 0 Å². The van der Waals surface area contributed by atoms with Crippen molar-refractivity contribution in [3.63, 3.8) is 0 Å². The predicted octanol–water partition coefficient (Wildman–Crippen LogP) is 2.16. The molecular formula is C15H19NO3. The molecular weight excluding hydrogens is 242 g/mol. The van der Waals surface area contributed by atoms with Crippen molar-refractivity contribution in [1.29, 1.82) is 0 Å². The van der Waals surface area contributed by atoms with Crippen LogP contribution in [-0.2, 0) is 6.61 Å². The lowest BCUT2D eigenvalue weighted by atomic mass is 10.1. The summed E-state index contributed by atoms with van der Waals surface area (Å²) in [6, 6.07) is 11.4. The zero-order valence-corrected chi connectivity index (χ0v) is 10.9. The number of benzene rings is 1. The largest absolute Gasteiger partial charge is 0.467 e. The zero-order valence-electron chi connectivity index (χ0n) is 10.9. The molecule has 2 aromatic rings. The summed E-state index contributed by atoms with van der Waals surface area (Å²) in [7, 11) is 0. The monoisotopic (exact) mass is 261 g/mol. The maximum Gasteiger partial charge on any atom is 0.133 e. The maximum absolute atomic E-state index is 9.91. The van der Waals surface area contributed by atoms with Gasteiger partial charge < -0.3 is 19.9 Å². The van der Waals surface area contributed by atoms with Crippen molar-refractivity contribution in [2.24, 2.45) is 0 Å². The van der Waals surface area contributed by atoms with E-state index in [2.05, 4.69) is 5.32 Å². The molecule has 0 spiro atoms. The third kappa shape index (κ3) is 3.67.